The molecule has 0 aliphatic heterocycles. The molecule has 0 saturated heterocycles. The number of guanidine groups is 1. The standard InChI is InChI=1S/C19H27F2N5O/c1-5-22-19(23-11-15-10-16(20)6-7-18(15)21)24-12-17-13(2)25-26(14(17)3)8-9-27-4/h6-7,10H,5,8-9,11-12H2,1-4H3,(H2,22,23,24). The van der Waals surface area contributed by atoms with E-state index in [1.165, 1.54) is 0 Å². The number of rotatable bonds is 8. The zero-order valence-electron chi connectivity index (χ0n) is 16.3. The SMILES string of the molecule is CCNC(=NCc1cc(F)ccc1F)NCc1c(C)nn(CCOC)c1C. The molecule has 0 amide bonds. The van der Waals surface area contributed by atoms with Gasteiger partial charge in [-0.25, -0.2) is 13.8 Å². The predicted molar refractivity (Wildman–Crippen MR) is 102 cm³/mol. The summed E-state index contributed by atoms with van der Waals surface area (Å²) in [6.45, 7) is 8.43. The number of aryl methyl sites for hydroxylation is 1. The van der Waals surface area contributed by atoms with Crippen LogP contribution in [0.1, 0.15) is 29.4 Å². The third kappa shape index (κ3) is 5.75. The van der Waals surface area contributed by atoms with E-state index in [2.05, 4.69) is 20.7 Å². The highest BCUT2D eigenvalue weighted by Gasteiger charge is 2.12. The van der Waals surface area contributed by atoms with Gasteiger partial charge in [-0.2, -0.15) is 5.10 Å². The molecule has 0 bridgehead atoms. The largest absolute Gasteiger partial charge is 0.383 e. The maximum Gasteiger partial charge on any atom is 0.191 e. The lowest BCUT2D eigenvalue weighted by Crippen LogP contribution is -2.37. The second kappa shape index (κ2) is 10.0. The minimum Gasteiger partial charge on any atom is -0.383 e. The first-order valence-electron chi connectivity index (χ1n) is 8.94. The topological polar surface area (TPSA) is 63.5 Å². The Balaban J connectivity index is 2.08. The first kappa shape index (κ1) is 20.8. The van der Waals surface area contributed by atoms with Crippen LogP contribution in [0.4, 0.5) is 8.78 Å². The lowest BCUT2D eigenvalue weighted by molar-refractivity contribution is 0.182. The Morgan fingerprint density at radius 2 is 2.04 bits per heavy atom. The van der Waals surface area contributed by atoms with Gasteiger partial charge in [-0.05, 0) is 39.0 Å². The van der Waals surface area contributed by atoms with Crippen LogP contribution < -0.4 is 10.6 Å². The lowest BCUT2D eigenvalue weighted by atomic mass is 10.2. The smallest absolute Gasteiger partial charge is 0.191 e. The molecular weight excluding hydrogens is 352 g/mol. The maximum atomic E-state index is 13.8. The molecule has 2 aromatic rings. The molecule has 2 rings (SSSR count). The molecule has 1 heterocycles. The van der Waals surface area contributed by atoms with Gasteiger partial charge in [-0.1, -0.05) is 0 Å². The number of hydrogen-bond donors (Lipinski definition) is 2. The minimum absolute atomic E-state index is 0.0456. The molecule has 1 aromatic carbocycles. The molecule has 0 aliphatic rings. The van der Waals surface area contributed by atoms with Crippen molar-refractivity contribution in [3.63, 3.8) is 0 Å². The molecule has 0 atom stereocenters. The van der Waals surface area contributed by atoms with Gasteiger partial charge in [0.25, 0.3) is 0 Å². The van der Waals surface area contributed by atoms with Crippen molar-refractivity contribution in [2.24, 2.45) is 4.99 Å². The van der Waals surface area contributed by atoms with E-state index in [1.807, 2.05) is 25.5 Å². The zero-order valence-corrected chi connectivity index (χ0v) is 16.3. The highest BCUT2D eigenvalue weighted by Crippen LogP contribution is 2.13. The summed E-state index contributed by atoms with van der Waals surface area (Å²) < 4.78 is 34.1. The minimum atomic E-state index is -0.478. The van der Waals surface area contributed by atoms with Crippen LogP contribution in [-0.4, -0.2) is 36.0 Å². The van der Waals surface area contributed by atoms with E-state index < -0.39 is 11.6 Å². The van der Waals surface area contributed by atoms with E-state index in [0.29, 0.717) is 32.2 Å². The van der Waals surface area contributed by atoms with Crippen LogP contribution >= 0.6 is 0 Å². The summed E-state index contributed by atoms with van der Waals surface area (Å²) in [6, 6.07) is 3.37. The van der Waals surface area contributed by atoms with Crippen LogP contribution in [0.3, 0.4) is 0 Å². The summed E-state index contributed by atoms with van der Waals surface area (Å²) in [5.74, 6) is -0.416. The number of aliphatic imine (C=N–C) groups is 1. The molecule has 148 valence electrons. The summed E-state index contributed by atoms with van der Waals surface area (Å²) in [5.41, 5.74) is 3.28. The fourth-order valence-electron chi connectivity index (χ4n) is 2.73. The van der Waals surface area contributed by atoms with Gasteiger partial charge in [0.1, 0.15) is 11.6 Å². The number of ether oxygens (including phenoxy) is 1. The van der Waals surface area contributed by atoms with E-state index in [-0.39, 0.29) is 12.1 Å². The number of aromatic nitrogens is 2. The average Bonchev–Trinajstić information content (AvgIpc) is 2.91. The molecular formula is C19H27F2N5O. The Morgan fingerprint density at radius 1 is 1.26 bits per heavy atom. The number of halogens is 2. The van der Waals surface area contributed by atoms with Crippen LogP contribution in [0, 0.1) is 25.5 Å². The summed E-state index contributed by atoms with van der Waals surface area (Å²) in [4.78, 5) is 4.36. The van der Waals surface area contributed by atoms with E-state index in [1.54, 1.807) is 7.11 Å². The van der Waals surface area contributed by atoms with Gasteiger partial charge in [0.15, 0.2) is 5.96 Å². The number of nitrogens with zero attached hydrogens (tertiary/aromatic N) is 3. The number of methoxy groups -OCH3 is 1. The number of hydrogen-bond acceptors (Lipinski definition) is 3. The predicted octanol–water partition coefficient (Wildman–Crippen LogP) is 2.68. The Kier molecular flexibility index (Phi) is 7.72. The molecule has 0 unspecified atom stereocenters. The van der Waals surface area contributed by atoms with Gasteiger partial charge in [0.2, 0.25) is 0 Å². The van der Waals surface area contributed by atoms with Crippen molar-refractivity contribution in [3.05, 3.63) is 52.3 Å². The van der Waals surface area contributed by atoms with Gasteiger partial charge in [-0.3, -0.25) is 4.68 Å². The van der Waals surface area contributed by atoms with E-state index in [4.69, 9.17) is 4.74 Å². The highest BCUT2D eigenvalue weighted by atomic mass is 19.1. The van der Waals surface area contributed by atoms with Crippen molar-refractivity contribution in [2.75, 3.05) is 20.3 Å². The average molecular weight is 379 g/mol. The molecule has 0 spiro atoms. The molecule has 1 aromatic heterocycles. The van der Waals surface area contributed by atoms with Gasteiger partial charge in [0.05, 0.1) is 25.4 Å². The van der Waals surface area contributed by atoms with Gasteiger partial charge >= 0.3 is 0 Å². The Bertz CT molecular complexity index is 789. The van der Waals surface area contributed by atoms with Crippen LogP contribution in [0.2, 0.25) is 0 Å². The zero-order chi connectivity index (χ0) is 19.8. The monoisotopic (exact) mass is 379 g/mol. The van der Waals surface area contributed by atoms with Crippen LogP contribution in [0.15, 0.2) is 23.2 Å². The Morgan fingerprint density at radius 3 is 2.74 bits per heavy atom. The maximum absolute atomic E-state index is 13.8. The fraction of sp³-hybridized carbons (Fsp3) is 0.474. The highest BCUT2D eigenvalue weighted by molar-refractivity contribution is 5.79. The molecule has 6 nitrogen and oxygen atoms in total. The Hall–Kier alpha value is -2.48. The summed E-state index contributed by atoms with van der Waals surface area (Å²) in [7, 11) is 1.66. The van der Waals surface area contributed by atoms with Crippen molar-refractivity contribution >= 4 is 5.96 Å². The third-order valence-corrected chi connectivity index (χ3v) is 4.23. The van der Waals surface area contributed by atoms with Gasteiger partial charge < -0.3 is 15.4 Å². The second-order valence-electron chi connectivity index (χ2n) is 6.15. The first-order chi connectivity index (χ1) is 13.0. The number of nitrogens with one attached hydrogen (secondary N) is 2. The molecule has 0 fully saturated rings. The quantitative estimate of drug-likeness (QED) is 0.547. The number of benzene rings is 1. The van der Waals surface area contributed by atoms with Crippen LogP contribution in [0.5, 0.6) is 0 Å². The molecule has 0 radical (unpaired) electrons. The molecule has 0 aliphatic carbocycles. The van der Waals surface area contributed by atoms with Crippen LogP contribution in [0.25, 0.3) is 0 Å². The molecule has 27 heavy (non-hydrogen) atoms. The van der Waals surface area contributed by atoms with Crippen molar-refractivity contribution in [1.82, 2.24) is 20.4 Å². The fourth-order valence-corrected chi connectivity index (χ4v) is 2.73. The van der Waals surface area contributed by atoms with E-state index in [0.717, 1.165) is 35.2 Å². The first-order valence-corrected chi connectivity index (χ1v) is 8.94. The molecule has 0 saturated carbocycles. The third-order valence-electron chi connectivity index (χ3n) is 4.23. The van der Waals surface area contributed by atoms with E-state index >= 15 is 0 Å². The molecule has 8 heteroatoms. The summed E-state index contributed by atoms with van der Waals surface area (Å²) in [5, 5.41) is 10.9. The van der Waals surface area contributed by atoms with Gasteiger partial charge in [-0.15, -0.1) is 0 Å². The Labute approximate surface area is 158 Å². The van der Waals surface area contributed by atoms with Crippen molar-refractivity contribution in [3.8, 4) is 0 Å². The van der Waals surface area contributed by atoms with Crippen LogP contribution in [-0.2, 0) is 24.4 Å². The van der Waals surface area contributed by atoms with Crippen molar-refractivity contribution < 1.29 is 13.5 Å². The van der Waals surface area contributed by atoms with E-state index in [9.17, 15) is 8.78 Å². The lowest BCUT2D eigenvalue weighted by Gasteiger charge is -2.12. The summed E-state index contributed by atoms with van der Waals surface area (Å²) in [6.07, 6.45) is 0. The second-order valence-corrected chi connectivity index (χ2v) is 6.15. The molecule has 2 N–H and O–H groups in total. The summed E-state index contributed by atoms with van der Waals surface area (Å²) >= 11 is 0. The normalized spacial score (nSPS) is 11.7. The van der Waals surface area contributed by atoms with Crippen molar-refractivity contribution in [1.29, 1.82) is 0 Å². The van der Waals surface area contributed by atoms with Crippen molar-refractivity contribution in [2.45, 2.75) is 40.4 Å². The van der Waals surface area contributed by atoms with Gasteiger partial charge in [0, 0.05) is 37.0 Å².